The van der Waals surface area contributed by atoms with E-state index in [0.717, 1.165) is 32.5 Å². The van der Waals surface area contributed by atoms with Crippen molar-refractivity contribution in [3.05, 3.63) is 9.65 Å². The summed E-state index contributed by atoms with van der Waals surface area (Å²) in [4.78, 5) is 14.4. The first-order chi connectivity index (χ1) is 9.99. The fourth-order valence-electron chi connectivity index (χ4n) is 2.07. The van der Waals surface area contributed by atoms with Crippen LogP contribution in [0.15, 0.2) is 0 Å². The maximum atomic E-state index is 11.7. The Morgan fingerprint density at radius 1 is 1.33 bits per heavy atom. The molecule has 0 saturated carbocycles. The Balaban J connectivity index is 2.40. The number of aromatic nitrogens is 3. The molecule has 0 aliphatic rings. The van der Waals surface area contributed by atoms with Gasteiger partial charge in [-0.15, -0.1) is 21.5 Å². The highest BCUT2D eigenvalue weighted by atomic mass is 32.1. The van der Waals surface area contributed by atoms with Crippen LogP contribution in [0.2, 0.25) is 0 Å². The number of thiazole rings is 1. The van der Waals surface area contributed by atoms with Crippen LogP contribution in [0, 0.1) is 10.9 Å². The monoisotopic (exact) mass is 342 g/mol. The standard InChI is InChI=1S/C13H18N4OS3/c1-5-7-17(9(4)18)12-15-14-11(21-12)10-8(3)16(6-2)13(19)20-10/h5-7H2,1-4H3. The quantitative estimate of drug-likeness (QED) is 0.774. The van der Waals surface area contributed by atoms with Crippen molar-refractivity contribution in [2.45, 2.75) is 40.7 Å². The summed E-state index contributed by atoms with van der Waals surface area (Å²) in [5.74, 6) is -0.00460. The summed E-state index contributed by atoms with van der Waals surface area (Å²) in [5.41, 5.74) is 1.11. The summed E-state index contributed by atoms with van der Waals surface area (Å²) >= 11 is 8.36. The van der Waals surface area contributed by atoms with Crippen molar-refractivity contribution in [2.75, 3.05) is 11.4 Å². The molecule has 2 aromatic rings. The lowest BCUT2D eigenvalue weighted by molar-refractivity contribution is -0.116. The summed E-state index contributed by atoms with van der Waals surface area (Å²) in [6.07, 6.45) is 0.888. The highest BCUT2D eigenvalue weighted by molar-refractivity contribution is 7.73. The Labute approximate surface area is 137 Å². The summed E-state index contributed by atoms with van der Waals surface area (Å²) < 4.78 is 2.93. The van der Waals surface area contributed by atoms with Gasteiger partial charge in [0.25, 0.3) is 0 Å². The first-order valence-electron chi connectivity index (χ1n) is 6.81. The zero-order valence-corrected chi connectivity index (χ0v) is 15.0. The van der Waals surface area contributed by atoms with Gasteiger partial charge in [0.05, 0.1) is 4.88 Å². The molecule has 2 rings (SSSR count). The number of rotatable bonds is 5. The Bertz CT molecular complexity index is 701. The topological polar surface area (TPSA) is 51.0 Å². The number of carbonyl (C=O) groups excluding carboxylic acids is 1. The molecule has 0 spiro atoms. The van der Waals surface area contributed by atoms with Gasteiger partial charge in [0.15, 0.2) is 8.96 Å². The third-order valence-corrected chi connectivity index (χ3v) is 5.78. The van der Waals surface area contributed by atoms with Gasteiger partial charge in [-0.1, -0.05) is 18.3 Å². The van der Waals surface area contributed by atoms with Gasteiger partial charge in [-0.25, -0.2) is 0 Å². The molecule has 0 unspecified atom stereocenters. The molecule has 0 aliphatic heterocycles. The molecular formula is C13H18N4OS3. The third-order valence-electron chi connectivity index (χ3n) is 3.13. The highest BCUT2D eigenvalue weighted by Crippen LogP contribution is 2.35. The van der Waals surface area contributed by atoms with Crippen molar-refractivity contribution in [1.29, 1.82) is 0 Å². The number of anilines is 1. The molecule has 114 valence electrons. The fraction of sp³-hybridized carbons (Fsp3) is 0.538. The summed E-state index contributed by atoms with van der Waals surface area (Å²) in [6, 6.07) is 0. The van der Waals surface area contributed by atoms with Gasteiger partial charge in [-0.3, -0.25) is 9.69 Å². The van der Waals surface area contributed by atoms with Crippen LogP contribution in [-0.2, 0) is 11.3 Å². The van der Waals surface area contributed by atoms with Crippen molar-refractivity contribution < 1.29 is 4.79 Å². The van der Waals surface area contributed by atoms with Crippen LogP contribution in [0.3, 0.4) is 0 Å². The van der Waals surface area contributed by atoms with Crippen molar-refractivity contribution in [2.24, 2.45) is 0 Å². The second-order valence-corrected chi connectivity index (χ2v) is 7.19. The summed E-state index contributed by atoms with van der Waals surface area (Å²) in [6.45, 7) is 9.22. The lowest BCUT2D eigenvalue weighted by atomic mass is 10.4. The molecule has 0 fully saturated rings. The zero-order chi connectivity index (χ0) is 15.6. The highest BCUT2D eigenvalue weighted by Gasteiger charge is 2.19. The maximum absolute atomic E-state index is 11.7. The van der Waals surface area contributed by atoms with E-state index >= 15 is 0 Å². The SMILES string of the molecule is CCCN(C(C)=O)c1nnc(-c2sc(=S)n(CC)c2C)s1. The Morgan fingerprint density at radius 2 is 2.05 bits per heavy atom. The minimum Gasteiger partial charge on any atom is -0.327 e. The molecule has 0 atom stereocenters. The van der Waals surface area contributed by atoms with E-state index < -0.39 is 0 Å². The van der Waals surface area contributed by atoms with E-state index in [9.17, 15) is 4.79 Å². The molecule has 2 heterocycles. The number of amides is 1. The predicted octanol–water partition coefficient (Wildman–Crippen LogP) is 3.89. The molecule has 0 radical (unpaired) electrons. The molecule has 21 heavy (non-hydrogen) atoms. The molecule has 0 aromatic carbocycles. The number of nitrogens with zero attached hydrogens (tertiary/aromatic N) is 4. The van der Waals surface area contributed by atoms with Crippen LogP contribution >= 0.6 is 34.9 Å². The third kappa shape index (κ3) is 3.22. The van der Waals surface area contributed by atoms with Crippen molar-refractivity contribution in [1.82, 2.24) is 14.8 Å². The molecule has 0 N–H and O–H groups in total. The van der Waals surface area contributed by atoms with Gasteiger partial charge >= 0.3 is 0 Å². The number of hydrogen-bond donors (Lipinski definition) is 0. The molecule has 0 saturated heterocycles. The largest absolute Gasteiger partial charge is 0.327 e. The molecule has 0 aliphatic carbocycles. The molecule has 8 heteroatoms. The zero-order valence-electron chi connectivity index (χ0n) is 12.5. The van der Waals surface area contributed by atoms with Crippen LogP contribution < -0.4 is 4.90 Å². The van der Waals surface area contributed by atoms with Crippen molar-refractivity contribution >= 4 is 45.9 Å². The van der Waals surface area contributed by atoms with E-state index in [4.69, 9.17) is 12.2 Å². The van der Waals surface area contributed by atoms with E-state index in [0.29, 0.717) is 11.7 Å². The van der Waals surface area contributed by atoms with Crippen LogP contribution in [0.1, 0.15) is 32.9 Å². The molecule has 5 nitrogen and oxygen atoms in total. The first kappa shape index (κ1) is 16.3. The number of carbonyl (C=O) groups is 1. The smallest absolute Gasteiger partial charge is 0.225 e. The van der Waals surface area contributed by atoms with Crippen LogP contribution in [0.25, 0.3) is 9.88 Å². The van der Waals surface area contributed by atoms with E-state index in [1.165, 1.54) is 11.3 Å². The summed E-state index contributed by atoms with van der Waals surface area (Å²) in [7, 11) is 0. The second-order valence-electron chi connectivity index (χ2n) is 4.59. The van der Waals surface area contributed by atoms with Gasteiger partial charge in [-0.05, 0) is 32.5 Å². The minimum absolute atomic E-state index is 0.00460. The van der Waals surface area contributed by atoms with Gasteiger partial charge in [0, 0.05) is 25.7 Å². The van der Waals surface area contributed by atoms with Crippen molar-refractivity contribution in [3.63, 3.8) is 0 Å². The van der Waals surface area contributed by atoms with E-state index in [-0.39, 0.29) is 5.91 Å². The molecule has 0 bridgehead atoms. The van der Waals surface area contributed by atoms with Crippen LogP contribution in [0.5, 0.6) is 0 Å². The second kappa shape index (κ2) is 6.76. The van der Waals surface area contributed by atoms with Gasteiger partial charge in [0.1, 0.15) is 0 Å². The van der Waals surface area contributed by atoms with E-state index in [1.54, 1.807) is 23.2 Å². The molecule has 1 amide bonds. The Kier molecular flexibility index (Phi) is 5.23. The molecule has 2 aromatic heterocycles. The Hall–Kier alpha value is -1.12. The van der Waals surface area contributed by atoms with Gasteiger partial charge in [0.2, 0.25) is 11.0 Å². The van der Waals surface area contributed by atoms with Gasteiger partial charge in [-0.2, -0.15) is 0 Å². The predicted molar refractivity (Wildman–Crippen MR) is 90.8 cm³/mol. The average Bonchev–Trinajstić information content (AvgIpc) is 3.00. The van der Waals surface area contributed by atoms with Crippen LogP contribution in [0.4, 0.5) is 5.13 Å². The van der Waals surface area contributed by atoms with Gasteiger partial charge < -0.3 is 4.57 Å². The maximum Gasteiger partial charge on any atom is 0.225 e. The first-order valence-corrected chi connectivity index (χ1v) is 8.85. The molecular weight excluding hydrogens is 324 g/mol. The normalized spacial score (nSPS) is 10.9. The number of hydrogen-bond acceptors (Lipinski definition) is 6. The lowest BCUT2D eigenvalue weighted by Gasteiger charge is -2.15. The summed E-state index contributed by atoms with van der Waals surface area (Å²) in [5, 5.41) is 9.90. The van der Waals surface area contributed by atoms with Crippen LogP contribution in [-0.4, -0.2) is 27.2 Å². The van der Waals surface area contributed by atoms with E-state index in [1.807, 2.05) is 13.8 Å². The minimum atomic E-state index is -0.00460. The van der Waals surface area contributed by atoms with Crippen molar-refractivity contribution in [3.8, 4) is 9.88 Å². The fourth-order valence-corrected chi connectivity index (χ4v) is 4.68. The average molecular weight is 343 g/mol. The lowest BCUT2D eigenvalue weighted by Crippen LogP contribution is -2.28. The van der Waals surface area contributed by atoms with E-state index in [2.05, 4.69) is 21.7 Å². The Morgan fingerprint density at radius 3 is 2.57 bits per heavy atom.